The topological polar surface area (TPSA) is 353 Å². The molecule has 2 aliphatic rings. The quantitative estimate of drug-likeness (QED) is 0.0201. The Hall–Kier alpha value is -8.37. The zero-order valence-corrected chi connectivity index (χ0v) is 58.9. The molecular weight excluding hydrogens is 1260 g/mol. The number of rotatable bonds is 39. The maximum Gasteiger partial charge on any atom is 0.508 e. The van der Waals surface area contributed by atoms with Gasteiger partial charge in [0.2, 0.25) is 41.4 Å². The Balaban J connectivity index is 1.51. The van der Waals surface area contributed by atoms with Crippen molar-refractivity contribution >= 4 is 76.8 Å². The van der Waals surface area contributed by atoms with E-state index in [1.54, 1.807) is 71.1 Å². The number of amides is 11. The Morgan fingerprint density at radius 3 is 1.90 bits per heavy atom. The predicted molar refractivity (Wildman–Crippen MR) is 359 cm³/mol. The third kappa shape index (κ3) is 24.3. The van der Waals surface area contributed by atoms with Crippen LogP contribution in [0.4, 0.5) is 19.7 Å². The number of hydrogen-bond donors (Lipinski definition) is 7. The first-order valence-electron chi connectivity index (χ1n) is 33.3. The highest BCUT2D eigenvalue weighted by atomic mass is 19.1. The van der Waals surface area contributed by atoms with Crippen LogP contribution in [0.3, 0.4) is 0 Å². The van der Waals surface area contributed by atoms with E-state index in [-0.39, 0.29) is 105 Å². The number of primary amides is 1. The van der Waals surface area contributed by atoms with Crippen LogP contribution in [0.25, 0.3) is 0 Å². The van der Waals surface area contributed by atoms with Gasteiger partial charge < -0.3 is 66.4 Å². The molecule has 11 amide bonds. The van der Waals surface area contributed by atoms with E-state index in [9.17, 15) is 57.1 Å². The van der Waals surface area contributed by atoms with Crippen LogP contribution in [0.2, 0.25) is 0 Å². The lowest BCUT2D eigenvalue weighted by Gasteiger charge is -2.41. The van der Waals surface area contributed by atoms with Crippen molar-refractivity contribution in [3.05, 3.63) is 77.6 Å². The summed E-state index contributed by atoms with van der Waals surface area (Å²) in [5.74, 6) is -7.26. The van der Waals surface area contributed by atoms with E-state index in [1.807, 2.05) is 41.5 Å². The molecule has 28 heteroatoms. The Morgan fingerprint density at radius 2 is 1.34 bits per heavy atom. The predicted octanol–water partition coefficient (Wildman–Crippen LogP) is 4.99. The fourth-order valence-corrected chi connectivity index (χ4v) is 12.2. The van der Waals surface area contributed by atoms with E-state index in [4.69, 9.17) is 24.7 Å². The van der Waals surface area contributed by atoms with Crippen LogP contribution in [0, 0.1) is 35.4 Å². The number of likely N-dealkylation sites (N-methyl/N-ethyl adjacent to an activating group) is 2. The molecule has 1 saturated heterocycles. The summed E-state index contributed by atoms with van der Waals surface area (Å²) < 4.78 is 37.3. The molecule has 27 nitrogen and oxygen atoms in total. The number of imide groups is 1. The molecule has 97 heavy (non-hydrogen) atoms. The molecular formula is C69H104FN11O16. The second-order valence-corrected chi connectivity index (χ2v) is 26.3. The lowest BCUT2D eigenvalue weighted by atomic mass is 9.89. The molecule has 12 atom stereocenters. The average molecular weight is 1360 g/mol. The maximum absolute atomic E-state index is 15.0. The van der Waals surface area contributed by atoms with Crippen molar-refractivity contribution in [2.75, 3.05) is 60.3 Å². The van der Waals surface area contributed by atoms with E-state index < -0.39 is 126 Å². The fraction of sp³-hybridized carbons (Fsp3) is 0.623. The number of methoxy groups -OCH3 is 2. The first-order valence-corrected chi connectivity index (χ1v) is 33.3. The normalized spacial score (nSPS) is 17.7. The van der Waals surface area contributed by atoms with Crippen molar-refractivity contribution in [2.24, 2.45) is 35.3 Å². The average Bonchev–Trinajstić information content (AvgIpc) is 1.69. The monoisotopic (exact) mass is 1360 g/mol. The molecule has 8 N–H and O–H groups in total. The Kier molecular flexibility index (Phi) is 32.7. The number of ether oxygens (including phenoxy) is 4. The summed E-state index contributed by atoms with van der Waals surface area (Å²) in [6, 6.07) is 4.06. The summed E-state index contributed by atoms with van der Waals surface area (Å²) >= 11 is 0. The SMILES string of the molecule is CC[C@H](C)[C@@H]([C@@H](CC(=O)N1C[C@@H](OC(=O)OCc2ccc(NC(=O)[C@H](CCCNC(N)=O)NC(=O)[C@@H](NC(=O)CCCCCN3C(=O)C=CC3=O)C(C)C)cc2)C[C@H]1[C@H](OC)[C@@H](C)C(=O)N[C@@H](C)C(=O)c1ccc(F)cc1)OC)N(C)C(=O)[C@@H](NC(=O)[C@H](C(C)C)N(C)C)C(C)C. The zero-order valence-electron chi connectivity index (χ0n) is 58.9. The van der Waals surface area contributed by atoms with Crippen LogP contribution in [-0.4, -0.2) is 206 Å². The molecule has 0 radical (unpaired) electrons. The lowest BCUT2D eigenvalue weighted by Crippen LogP contribution is -2.59. The summed E-state index contributed by atoms with van der Waals surface area (Å²) in [6.45, 7) is 17.7. The van der Waals surface area contributed by atoms with Crippen molar-refractivity contribution in [1.29, 1.82) is 0 Å². The molecule has 0 spiro atoms. The number of ketones is 1. The Labute approximate surface area is 569 Å². The van der Waals surface area contributed by atoms with Crippen molar-refractivity contribution in [2.45, 2.75) is 194 Å². The number of unbranched alkanes of at least 4 members (excludes halogenated alkanes) is 2. The second-order valence-electron chi connectivity index (χ2n) is 26.3. The van der Waals surface area contributed by atoms with Gasteiger partial charge in [0.05, 0.1) is 55.3 Å². The summed E-state index contributed by atoms with van der Waals surface area (Å²) in [5.41, 5.74) is 6.19. The van der Waals surface area contributed by atoms with E-state index in [0.717, 1.165) is 17.0 Å². The number of halogens is 1. The first kappa shape index (κ1) is 81.1. The Bertz CT molecular complexity index is 3030. The van der Waals surface area contributed by atoms with Crippen LogP contribution in [0.15, 0.2) is 60.7 Å². The molecule has 0 bridgehead atoms. The molecule has 0 saturated carbocycles. The summed E-state index contributed by atoms with van der Waals surface area (Å²) in [6.07, 6.45) is 0.394. The molecule has 0 aromatic heterocycles. The number of likely N-dealkylation sites (tertiary alicyclic amines) is 1. The van der Waals surface area contributed by atoms with Crippen molar-refractivity contribution < 1.29 is 80.9 Å². The van der Waals surface area contributed by atoms with Crippen LogP contribution >= 0.6 is 0 Å². The van der Waals surface area contributed by atoms with Gasteiger partial charge in [-0.25, -0.2) is 14.0 Å². The van der Waals surface area contributed by atoms with Gasteiger partial charge in [-0.2, -0.15) is 0 Å². The smallest absolute Gasteiger partial charge is 0.429 e. The van der Waals surface area contributed by atoms with Crippen molar-refractivity contribution in [3.63, 3.8) is 0 Å². The summed E-state index contributed by atoms with van der Waals surface area (Å²) in [5, 5.41) is 16.5. The molecule has 0 aliphatic carbocycles. The number of anilines is 1. The van der Waals surface area contributed by atoms with Gasteiger partial charge in [-0.3, -0.25) is 57.7 Å². The van der Waals surface area contributed by atoms with E-state index in [1.165, 1.54) is 55.2 Å². The Morgan fingerprint density at radius 1 is 0.711 bits per heavy atom. The van der Waals surface area contributed by atoms with Crippen LogP contribution in [-0.2, 0) is 68.7 Å². The molecule has 4 rings (SSSR count). The van der Waals surface area contributed by atoms with E-state index >= 15 is 4.79 Å². The zero-order chi connectivity index (χ0) is 72.5. The molecule has 1 fully saturated rings. The standard InChI is InChI=1S/C69H104FN11O16/c1-16-42(8)60(79(13)67(91)58(40(4)5)77-66(90)59(41(6)7)78(11)12)52(94-14)36-56(85)81-37-49(35-51(81)62(95-15)43(9)63(87)73-44(10)61(86)46-25-27-47(70)28-26-46)97-69(93)96-38-45-23-29-48(30-24-45)74-64(88)50(21-20-33-72-68(71)92)75-65(89)57(39(2)3)76-53(82)22-18-17-19-34-80-54(83)31-32-55(80)84/h23-32,39-44,49-52,57-60,62H,16-22,33-38H2,1-15H3,(H,73,87)(H,74,88)(H,75,89)(H,76,82)(H,77,90)(H3,71,72,92)/t42-,43+,44-,49-,50-,51-,52+,57-,58-,59-,60-,62+/m0/s1. The number of urea groups is 1. The highest BCUT2D eigenvalue weighted by Gasteiger charge is 2.47. The third-order valence-electron chi connectivity index (χ3n) is 17.7. The van der Waals surface area contributed by atoms with Crippen molar-refractivity contribution in [1.82, 2.24) is 46.2 Å². The number of Topliss-reactive ketones (excluding diaryl/α,β-unsaturated/α-hetero) is 1. The van der Waals surface area contributed by atoms with Gasteiger partial charge in [0.15, 0.2) is 5.78 Å². The van der Waals surface area contributed by atoms with Gasteiger partial charge in [-0.15, -0.1) is 0 Å². The molecule has 2 aliphatic heterocycles. The van der Waals surface area contributed by atoms with Gasteiger partial charge in [0.25, 0.3) is 11.8 Å². The summed E-state index contributed by atoms with van der Waals surface area (Å²) in [4.78, 5) is 166. The van der Waals surface area contributed by atoms with Crippen LogP contribution in [0.5, 0.6) is 0 Å². The summed E-state index contributed by atoms with van der Waals surface area (Å²) in [7, 11) is 8.02. The lowest BCUT2D eigenvalue weighted by molar-refractivity contribution is -0.148. The number of carbonyl (C=O) groups excluding carboxylic acids is 12. The molecule has 2 aromatic rings. The minimum absolute atomic E-state index is 0.0368. The van der Waals surface area contributed by atoms with Gasteiger partial charge in [-0.1, -0.05) is 87.3 Å². The molecule has 0 unspecified atom stereocenters. The first-order chi connectivity index (χ1) is 45.7. The van der Waals surface area contributed by atoms with E-state index in [2.05, 4.69) is 31.9 Å². The van der Waals surface area contributed by atoms with Crippen molar-refractivity contribution in [3.8, 4) is 0 Å². The third-order valence-corrected chi connectivity index (χ3v) is 17.7. The molecule has 2 heterocycles. The number of benzene rings is 2. The number of nitrogens with one attached hydrogen (secondary N) is 6. The van der Waals surface area contributed by atoms with Crippen LogP contribution < -0.4 is 37.6 Å². The number of carbonyl (C=O) groups is 12. The number of nitrogens with zero attached hydrogens (tertiary/aromatic N) is 4. The maximum atomic E-state index is 15.0. The molecule has 538 valence electrons. The van der Waals surface area contributed by atoms with Gasteiger partial charge in [-0.05, 0) is 112 Å². The van der Waals surface area contributed by atoms with E-state index in [0.29, 0.717) is 36.9 Å². The van der Waals surface area contributed by atoms with Gasteiger partial charge in [0, 0.05) is 70.6 Å². The molecule has 2 aromatic carbocycles. The largest absolute Gasteiger partial charge is 0.508 e. The number of nitrogens with two attached hydrogens (primary N) is 1. The fourth-order valence-electron chi connectivity index (χ4n) is 12.2. The van der Waals surface area contributed by atoms with Crippen LogP contribution in [0.1, 0.15) is 143 Å². The highest BCUT2D eigenvalue weighted by Crippen LogP contribution is 2.32. The second kappa shape index (κ2) is 39.1. The minimum atomic E-state index is -1.14. The van der Waals surface area contributed by atoms with Gasteiger partial charge >= 0.3 is 12.2 Å². The van der Waals surface area contributed by atoms with Gasteiger partial charge in [0.1, 0.15) is 36.7 Å². The minimum Gasteiger partial charge on any atom is -0.429 e. The number of hydrogen-bond acceptors (Lipinski definition) is 17. The highest BCUT2D eigenvalue weighted by molar-refractivity contribution is 6.13.